The van der Waals surface area contributed by atoms with Crippen LogP contribution in [0.1, 0.15) is 23.6 Å². The molecule has 1 rings (SSSR count). The average molecular weight is 160 g/mol. The Bertz CT molecular complexity index is 299. The minimum absolute atomic E-state index is 0.0811. The Hall–Kier alpha value is -1.33. The molecule has 1 atom stereocenters. The van der Waals surface area contributed by atoms with E-state index in [1.54, 1.807) is 12.4 Å². The Morgan fingerprint density at radius 2 is 2.42 bits per heavy atom. The lowest BCUT2D eigenvalue weighted by Gasteiger charge is -2.07. The molecular weight excluding hydrogens is 148 g/mol. The molecule has 0 saturated carbocycles. The van der Waals surface area contributed by atoms with Gasteiger partial charge < -0.3 is 5.73 Å². The number of aromatic nitrogens is 1. The molecule has 0 amide bonds. The molecule has 0 aliphatic carbocycles. The quantitative estimate of drug-likeness (QED) is 0.664. The highest BCUT2D eigenvalue weighted by Gasteiger charge is 2.03. The monoisotopic (exact) mass is 160 g/mol. The van der Waals surface area contributed by atoms with Gasteiger partial charge in [0.1, 0.15) is 0 Å². The fourth-order valence-electron chi connectivity index (χ4n) is 1.03. The molecule has 0 spiro atoms. The fourth-order valence-corrected chi connectivity index (χ4v) is 1.03. The third kappa shape index (κ3) is 2.08. The molecule has 0 fully saturated rings. The Morgan fingerprint density at radius 1 is 1.67 bits per heavy atom. The van der Waals surface area contributed by atoms with Crippen molar-refractivity contribution in [2.24, 2.45) is 5.73 Å². The van der Waals surface area contributed by atoms with E-state index in [1.807, 2.05) is 13.0 Å². The summed E-state index contributed by atoms with van der Waals surface area (Å²) in [6.07, 6.45) is 9.27. The second kappa shape index (κ2) is 3.89. The summed E-state index contributed by atoms with van der Waals surface area (Å²) in [5.41, 5.74) is 7.91. The first-order valence-electron chi connectivity index (χ1n) is 3.84. The van der Waals surface area contributed by atoms with E-state index in [-0.39, 0.29) is 6.04 Å². The van der Waals surface area contributed by atoms with Gasteiger partial charge in [0.05, 0.1) is 0 Å². The van der Waals surface area contributed by atoms with Crippen molar-refractivity contribution in [2.45, 2.75) is 19.4 Å². The van der Waals surface area contributed by atoms with Gasteiger partial charge in [-0.3, -0.25) is 4.98 Å². The van der Waals surface area contributed by atoms with Crippen molar-refractivity contribution < 1.29 is 0 Å². The first kappa shape index (κ1) is 8.76. The van der Waals surface area contributed by atoms with E-state index < -0.39 is 0 Å². The summed E-state index contributed by atoms with van der Waals surface area (Å²) in [6, 6.07) is 1.93. The number of rotatable bonds is 2. The lowest BCUT2D eigenvalue weighted by Crippen LogP contribution is -2.09. The Balaban J connectivity index is 2.82. The first-order chi connectivity index (χ1) is 5.74. The molecule has 2 N–H and O–H groups in total. The van der Waals surface area contributed by atoms with Crippen molar-refractivity contribution >= 4 is 0 Å². The van der Waals surface area contributed by atoms with E-state index in [0.29, 0.717) is 6.42 Å². The van der Waals surface area contributed by atoms with Crippen LogP contribution in [0.5, 0.6) is 0 Å². The molecular formula is C10H12N2. The van der Waals surface area contributed by atoms with Crippen LogP contribution in [0, 0.1) is 19.3 Å². The number of pyridine rings is 1. The van der Waals surface area contributed by atoms with Gasteiger partial charge in [-0.2, -0.15) is 0 Å². The molecule has 2 heteroatoms. The number of hydrogen-bond donors (Lipinski definition) is 1. The summed E-state index contributed by atoms with van der Waals surface area (Å²) in [5.74, 6) is 2.53. The van der Waals surface area contributed by atoms with Crippen LogP contribution in [0.2, 0.25) is 0 Å². The number of aryl methyl sites for hydroxylation is 1. The SMILES string of the molecule is C#CCC(N)c1cncc(C)c1. The summed E-state index contributed by atoms with van der Waals surface area (Å²) < 4.78 is 0. The molecule has 0 aromatic carbocycles. The molecule has 0 aliphatic rings. The van der Waals surface area contributed by atoms with Gasteiger partial charge in [-0.15, -0.1) is 12.3 Å². The zero-order chi connectivity index (χ0) is 8.97. The maximum atomic E-state index is 5.79. The van der Waals surface area contributed by atoms with Crippen molar-refractivity contribution in [1.29, 1.82) is 0 Å². The van der Waals surface area contributed by atoms with E-state index in [9.17, 15) is 0 Å². The summed E-state index contributed by atoms with van der Waals surface area (Å²) >= 11 is 0. The number of terminal acetylenes is 1. The molecule has 0 radical (unpaired) electrons. The zero-order valence-electron chi connectivity index (χ0n) is 7.12. The molecule has 0 bridgehead atoms. The minimum Gasteiger partial charge on any atom is -0.323 e. The third-order valence-corrected chi connectivity index (χ3v) is 1.66. The molecule has 1 unspecified atom stereocenters. The van der Waals surface area contributed by atoms with Crippen molar-refractivity contribution in [1.82, 2.24) is 4.98 Å². The molecule has 1 aromatic rings. The van der Waals surface area contributed by atoms with Gasteiger partial charge in [0.15, 0.2) is 0 Å². The largest absolute Gasteiger partial charge is 0.323 e. The second-order valence-corrected chi connectivity index (χ2v) is 2.81. The van der Waals surface area contributed by atoms with Gasteiger partial charge >= 0.3 is 0 Å². The maximum absolute atomic E-state index is 5.79. The Kier molecular flexibility index (Phi) is 2.84. The highest BCUT2D eigenvalue weighted by atomic mass is 14.7. The van der Waals surface area contributed by atoms with Crippen LogP contribution in [0.3, 0.4) is 0 Å². The lowest BCUT2D eigenvalue weighted by atomic mass is 10.1. The van der Waals surface area contributed by atoms with E-state index in [1.165, 1.54) is 0 Å². The highest BCUT2D eigenvalue weighted by Crippen LogP contribution is 2.12. The van der Waals surface area contributed by atoms with E-state index in [2.05, 4.69) is 10.9 Å². The molecule has 0 saturated heterocycles. The second-order valence-electron chi connectivity index (χ2n) is 2.81. The Morgan fingerprint density at radius 3 is 3.00 bits per heavy atom. The van der Waals surface area contributed by atoms with Crippen molar-refractivity contribution in [3.8, 4) is 12.3 Å². The van der Waals surface area contributed by atoms with Gasteiger partial charge in [-0.1, -0.05) is 6.07 Å². The maximum Gasteiger partial charge on any atom is 0.0421 e. The minimum atomic E-state index is -0.0811. The van der Waals surface area contributed by atoms with Gasteiger partial charge in [0, 0.05) is 24.9 Å². The predicted molar refractivity (Wildman–Crippen MR) is 49.4 cm³/mol. The van der Waals surface area contributed by atoms with Crippen LogP contribution < -0.4 is 5.73 Å². The molecule has 12 heavy (non-hydrogen) atoms. The van der Waals surface area contributed by atoms with Gasteiger partial charge in [0.2, 0.25) is 0 Å². The summed E-state index contributed by atoms with van der Waals surface area (Å²) in [6.45, 7) is 1.99. The van der Waals surface area contributed by atoms with Crippen LogP contribution in [-0.4, -0.2) is 4.98 Å². The molecule has 62 valence electrons. The van der Waals surface area contributed by atoms with E-state index in [0.717, 1.165) is 11.1 Å². The first-order valence-corrected chi connectivity index (χ1v) is 3.84. The normalized spacial score (nSPS) is 12.1. The summed E-state index contributed by atoms with van der Waals surface area (Å²) in [7, 11) is 0. The lowest BCUT2D eigenvalue weighted by molar-refractivity contribution is 0.748. The zero-order valence-corrected chi connectivity index (χ0v) is 7.12. The molecule has 1 heterocycles. The Labute approximate surface area is 72.8 Å². The molecule has 2 nitrogen and oxygen atoms in total. The summed E-state index contributed by atoms with van der Waals surface area (Å²) in [4.78, 5) is 4.04. The van der Waals surface area contributed by atoms with Gasteiger partial charge in [0.25, 0.3) is 0 Å². The number of nitrogens with zero attached hydrogens (tertiary/aromatic N) is 1. The predicted octanol–water partition coefficient (Wildman–Crippen LogP) is 1.41. The van der Waals surface area contributed by atoms with E-state index >= 15 is 0 Å². The van der Waals surface area contributed by atoms with Crippen LogP contribution in [0.4, 0.5) is 0 Å². The standard InChI is InChI=1S/C10H12N2/c1-3-4-10(11)9-5-8(2)6-12-7-9/h1,5-7,10H,4,11H2,2H3. The van der Waals surface area contributed by atoms with Crippen molar-refractivity contribution in [3.05, 3.63) is 29.6 Å². The summed E-state index contributed by atoms with van der Waals surface area (Å²) in [5, 5.41) is 0. The average Bonchev–Trinajstić information content (AvgIpc) is 2.05. The van der Waals surface area contributed by atoms with Crippen LogP contribution >= 0.6 is 0 Å². The van der Waals surface area contributed by atoms with Crippen LogP contribution in [0.15, 0.2) is 18.5 Å². The fraction of sp³-hybridized carbons (Fsp3) is 0.300. The topological polar surface area (TPSA) is 38.9 Å². The van der Waals surface area contributed by atoms with Crippen molar-refractivity contribution in [2.75, 3.05) is 0 Å². The highest BCUT2D eigenvalue weighted by molar-refractivity contribution is 5.20. The van der Waals surface area contributed by atoms with Crippen LogP contribution in [-0.2, 0) is 0 Å². The smallest absolute Gasteiger partial charge is 0.0421 e. The van der Waals surface area contributed by atoms with Crippen LogP contribution in [0.25, 0.3) is 0 Å². The van der Waals surface area contributed by atoms with Crippen molar-refractivity contribution in [3.63, 3.8) is 0 Å². The molecule has 0 aliphatic heterocycles. The van der Waals surface area contributed by atoms with E-state index in [4.69, 9.17) is 12.2 Å². The number of hydrogen-bond acceptors (Lipinski definition) is 2. The van der Waals surface area contributed by atoms with Gasteiger partial charge in [-0.05, 0) is 18.1 Å². The third-order valence-electron chi connectivity index (χ3n) is 1.66. The van der Waals surface area contributed by atoms with Gasteiger partial charge in [-0.25, -0.2) is 0 Å². The number of nitrogens with two attached hydrogens (primary N) is 1. The molecule has 1 aromatic heterocycles.